The van der Waals surface area contributed by atoms with Gasteiger partial charge in [-0.05, 0) is 18.6 Å². The van der Waals surface area contributed by atoms with Crippen LogP contribution in [-0.4, -0.2) is 50.3 Å². The average molecular weight is 315 g/mol. The number of hydrogen-bond acceptors (Lipinski definition) is 5. The van der Waals surface area contributed by atoms with Crippen molar-refractivity contribution in [1.29, 1.82) is 0 Å². The second-order valence-corrected chi connectivity index (χ2v) is 5.00. The molecule has 0 unspecified atom stereocenters. The summed E-state index contributed by atoms with van der Waals surface area (Å²) in [5.41, 5.74) is 6.39. The van der Waals surface area contributed by atoms with Gasteiger partial charge in [-0.3, -0.25) is 4.79 Å². The lowest BCUT2D eigenvalue weighted by Gasteiger charge is -2.22. The molecule has 7 heteroatoms. The molecule has 1 aromatic rings. The summed E-state index contributed by atoms with van der Waals surface area (Å²) in [6.07, 6.45) is 0.841. The molecule has 1 aromatic carbocycles. The summed E-state index contributed by atoms with van der Waals surface area (Å²) in [6, 6.07) is 3.47. The molecule has 1 amide bonds. The molecule has 0 spiro atoms. The first-order valence-electron chi connectivity index (χ1n) is 6.71. The van der Waals surface area contributed by atoms with Gasteiger partial charge >= 0.3 is 0 Å². The van der Waals surface area contributed by atoms with Gasteiger partial charge in [0.05, 0.1) is 7.11 Å². The van der Waals surface area contributed by atoms with Crippen LogP contribution < -0.4 is 19.9 Å². The zero-order chi connectivity index (χ0) is 14.1. The number of likely N-dealkylation sites (tertiary alicyclic amines) is 1. The van der Waals surface area contributed by atoms with Crippen molar-refractivity contribution in [1.82, 2.24) is 4.90 Å². The highest BCUT2D eigenvalue weighted by Crippen LogP contribution is 2.40. The summed E-state index contributed by atoms with van der Waals surface area (Å²) < 4.78 is 16.4. The van der Waals surface area contributed by atoms with Gasteiger partial charge in [0.25, 0.3) is 5.91 Å². The maximum absolute atomic E-state index is 12.5. The van der Waals surface area contributed by atoms with E-state index in [9.17, 15) is 4.79 Å². The molecule has 6 nitrogen and oxygen atoms in total. The van der Waals surface area contributed by atoms with Gasteiger partial charge < -0.3 is 24.8 Å². The number of fused-ring (bicyclic) bond motifs is 1. The number of benzene rings is 1. The first-order valence-corrected chi connectivity index (χ1v) is 6.71. The maximum atomic E-state index is 12.5. The quantitative estimate of drug-likeness (QED) is 0.883. The predicted octanol–water partition coefficient (Wildman–Crippen LogP) is 1.06. The minimum absolute atomic E-state index is 0. The van der Waals surface area contributed by atoms with Crippen LogP contribution >= 0.6 is 12.4 Å². The lowest BCUT2D eigenvalue weighted by atomic mass is 10.1. The van der Waals surface area contributed by atoms with E-state index in [0.29, 0.717) is 49.1 Å². The fraction of sp³-hybridized carbons (Fsp3) is 0.500. The van der Waals surface area contributed by atoms with E-state index in [2.05, 4.69) is 0 Å². The lowest BCUT2D eigenvalue weighted by Crippen LogP contribution is -2.32. The Labute approximate surface area is 129 Å². The van der Waals surface area contributed by atoms with E-state index in [1.807, 2.05) is 0 Å². The van der Waals surface area contributed by atoms with E-state index < -0.39 is 0 Å². The minimum atomic E-state index is -0.0479. The fourth-order valence-electron chi connectivity index (χ4n) is 2.55. The van der Waals surface area contributed by atoms with Crippen molar-refractivity contribution in [3.8, 4) is 17.2 Å². The number of amides is 1. The number of hydrogen-bond donors (Lipinski definition) is 1. The Hall–Kier alpha value is -1.66. The molecular weight excluding hydrogens is 296 g/mol. The zero-order valence-electron chi connectivity index (χ0n) is 11.8. The fourth-order valence-corrected chi connectivity index (χ4v) is 2.55. The van der Waals surface area contributed by atoms with Crippen LogP contribution in [0.1, 0.15) is 16.8 Å². The van der Waals surface area contributed by atoms with Crippen LogP contribution in [0.15, 0.2) is 12.1 Å². The number of carbonyl (C=O) groups is 1. The van der Waals surface area contributed by atoms with Crippen LogP contribution in [0.2, 0.25) is 0 Å². The lowest BCUT2D eigenvalue weighted by molar-refractivity contribution is 0.0789. The van der Waals surface area contributed by atoms with Crippen LogP contribution in [0, 0.1) is 0 Å². The molecule has 0 radical (unpaired) electrons. The smallest absolute Gasteiger partial charge is 0.254 e. The Morgan fingerprint density at radius 3 is 2.81 bits per heavy atom. The molecule has 116 valence electrons. The molecule has 0 bridgehead atoms. The molecule has 1 fully saturated rings. The molecular formula is C14H19ClN2O4. The van der Waals surface area contributed by atoms with Crippen molar-refractivity contribution in [2.24, 2.45) is 5.73 Å². The van der Waals surface area contributed by atoms with Gasteiger partial charge in [0.2, 0.25) is 5.75 Å². The molecule has 2 N–H and O–H groups in total. The second kappa shape index (κ2) is 6.41. The van der Waals surface area contributed by atoms with E-state index in [-0.39, 0.29) is 24.4 Å². The third-order valence-corrected chi connectivity index (χ3v) is 3.59. The Kier molecular flexibility index (Phi) is 4.80. The van der Waals surface area contributed by atoms with Crippen molar-refractivity contribution in [2.75, 3.05) is 33.4 Å². The SMILES string of the molecule is COc1cc(C(=O)N2CC[C@@H](N)C2)cc2c1OCCO2.Cl. The molecule has 0 aromatic heterocycles. The first kappa shape index (κ1) is 15.7. The minimum Gasteiger partial charge on any atom is -0.493 e. The van der Waals surface area contributed by atoms with Crippen molar-refractivity contribution in [3.05, 3.63) is 17.7 Å². The third kappa shape index (κ3) is 3.01. The zero-order valence-corrected chi connectivity index (χ0v) is 12.6. The standard InChI is InChI=1S/C14H18N2O4.ClH/c1-18-11-6-9(7-12-13(11)20-5-4-19-12)14(17)16-3-2-10(15)8-16;/h6-7,10H,2-5,8,15H2,1H3;1H/t10-;/m1./s1. The molecule has 0 saturated carbocycles. The van der Waals surface area contributed by atoms with Gasteiger partial charge in [-0.1, -0.05) is 0 Å². The average Bonchev–Trinajstić information content (AvgIpc) is 2.91. The number of carbonyl (C=O) groups excluding carboxylic acids is 1. The van der Waals surface area contributed by atoms with Gasteiger partial charge in [0.15, 0.2) is 11.5 Å². The van der Waals surface area contributed by atoms with Crippen molar-refractivity contribution in [2.45, 2.75) is 12.5 Å². The predicted molar refractivity (Wildman–Crippen MR) is 79.7 cm³/mol. The summed E-state index contributed by atoms with van der Waals surface area (Å²) in [7, 11) is 1.55. The Morgan fingerprint density at radius 2 is 2.14 bits per heavy atom. The number of methoxy groups -OCH3 is 1. The van der Waals surface area contributed by atoms with Gasteiger partial charge in [-0.25, -0.2) is 0 Å². The maximum Gasteiger partial charge on any atom is 0.254 e. The van der Waals surface area contributed by atoms with Crippen molar-refractivity contribution < 1.29 is 19.0 Å². The van der Waals surface area contributed by atoms with E-state index in [1.54, 1.807) is 24.1 Å². The van der Waals surface area contributed by atoms with E-state index in [4.69, 9.17) is 19.9 Å². The van der Waals surface area contributed by atoms with Crippen LogP contribution in [-0.2, 0) is 0 Å². The molecule has 1 atom stereocenters. The molecule has 2 aliphatic heterocycles. The molecule has 2 heterocycles. The number of ether oxygens (including phenoxy) is 3. The van der Waals surface area contributed by atoms with E-state index in [1.165, 1.54) is 0 Å². The summed E-state index contributed by atoms with van der Waals surface area (Å²) >= 11 is 0. The molecule has 2 aliphatic rings. The second-order valence-electron chi connectivity index (χ2n) is 5.00. The normalized spacial score (nSPS) is 19.9. The Balaban J connectivity index is 0.00000161. The van der Waals surface area contributed by atoms with Crippen LogP contribution in [0.3, 0.4) is 0 Å². The Bertz CT molecular complexity index is 521. The number of nitrogens with zero attached hydrogens (tertiary/aromatic N) is 1. The van der Waals surface area contributed by atoms with Gasteiger partial charge in [-0.2, -0.15) is 0 Å². The highest BCUT2D eigenvalue weighted by atomic mass is 35.5. The van der Waals surface area contributed by atoms with Crippen molar-refractivity contribution >= 4 is 18.3 Å². The van der Waals surface area contributed by atoms with Crippen LogP contribution in [0.5, 0.6) is 17.2 Å². The molecule has 3 rings (SSSR count). The number of nitrogens with two attached hydrogens (primary N) is 1. The Morgan fingerprint density at radius 1 is 1.38 bits per heavy atom. The summed E-state index contributed by atoms with van der Waals surface area (Å²) in [4.78, 5) is 14.2. The number of halogens is 1. The van der Waals surface area contributed by atoms with E-state index >= 15 is 0 Å². The summed E-state index contributed by atoms with van der Waals surface area (Å²) in [6.45, 7) is 2.24. The summed E-state index contributed by atoms with van der Waals surface area (Å²) in [5, 5.41) is 0. The molecule has 1 saturated heterocycles. The van der Waals surface area contributed by atoms with Gasteiger partial charge in [-0.15, -0.1) is 12.4 Å². The molecule has 0 aliphatic carbocycles. The summed E-state index contributed by atoms with van der Waals surface area (Å²) in [5.74, 6) is 1.60. The van der Waals surface area contributed by atoms with Crippen LogP contribution in [0.4, 0.5) is 0 Å². The first-order chi connectivity index (χ1) is 9.69. The van der Waals surface area contributed by atoms with Crippen LogP contribution in [0.25, 0.3) is 0 Å². The highest BCUT2D eigenvalue weighted by molar-refractivity contribution is 5.96. The van der Waals surface area contributed by atoms with Crippen molar-refractivity contribution in [3.63, 3.8) is 0 Å². The highest BCUT2D eigenvalue weighted by Gasteiger charge is 2.27. The third-order valence-electron chi connectivity index (χ3n) is 3.59. The monoisotopic (exact) mass is 314 g/mol. The number of rotatable bonds is 2. The van der Waals surface area contributed by atoms with Gasteiger partial charge in [0, 0.05) is 24.7 Å². The topological polar surface area (TPSA) is 74.0 Å². The largest absolute Gasteiger partial charge is 0.493 e. The van der Waals surface area contributed by atoms with E-state index in [0.717, 1.165) is 6.42 Å². The van der Waals surface area contributed by atoms with Gasteiger partial charge in [0.1, 0.15) is 13.2 Å². The molecule has 21 heavy (non-hydrogen) atoms.